The Kier molecular flexibility index (Phi) is 7.62. The average Bonchev–Trinajstić information content (AvgIpc) is 3.32. The molecule has 174 valence electrons. The van der Waals surface area contributed by atoms with Gasteiger partial charge in [0.05, 0.1) is 36.5 Å². The van der Waals surface area contributed by atoms with Gasteiger partial charge < -0.3 is 9.30 Å². The monoisotopic (exact) mass is 479 g/mol. The van der Waals surface area contributed by atoms with Crippen molar-refractivity contribution in [2.75, 3.05) is 0 Å². The Morgan fingerprint density at radius 1 is 0.886 bits per heavy atom. The number of aromatic nitrogens is 2. The molecule has 0 N–H and O–H groups in total. The summed E-state index contributed by atoms with van der Waals surface area (Å²) in [6, 6.07) is 33.2. The Labute approximate surface area is 211 Å². The third-order valence-electron chi connectivity index (χ3n) is 6.18. The van der Waals surface area contributed by atoms with Crippen LogP contribution in [0.2, 0.25) is 0 Å². The van der Waals surface area contributed by atoms with Gasteiger partial charge in [-0.2, -0.15) is 5.26 Å². The van der Waals surface area contributed by atoms with Gasteiger partial charge in [0, 0.05) is 19.0 Å². The maximum absolute atomic E-state index is 9.79. The van der Waals surface area contributed by atoms with Gasteiger partial charge in [-0.05, 0) is 39.6 Å². The Bertz CT molecular complexity index is 1470. The molecular formula is C30H26ClN3O. The third kappa shape index (κ3) is 5.27. The molecule has 1 unspecified atom stereocenters. The molecule has 0 aliphatic rings. The molecule has 1 atom stereocenters. The van der Waals surface area contributed by atoms with Crippen molar-refractivity contribution in [1.29, 1.82) is 5.26 Å². The summed E-state index contributed by atoms with van der Waals surface area (Å²) in [6.07, 6.45) is 4.30. The Morgan fingerprint density at radius 3 is 2.43 bits per heavy atom. The molecule has 0 aliphatic heterocycles. The first-order valence-corrected chi connectivity index (χ1v) is 11.4. The van der Waals surface area contributed by atoms with Crippen molar-refractivity contribution in [1.82, 2.24) is 9.55 Å². The summed E-state index contributed by atoms with van der Waals surface area (Å²) in [4.78, 5) is 4.29. The lowest BCUT2D eigenvalue weighted by molar-refractivity contribution is 0.0353. The summed E-state index contributed by atoms with van der Waals surface area (Å²) >= 11 is 0. The number of nitriles is 1. The maximum atomic E-state index is 9.79. The van der Waals surface area contributed by atoms with Crippen molar-refractivity contribution < 1.29 is 4.74 Å². The quantitative estimate of drug-likeness (QED) is 0.251. The predicted octanol–water partition coefficient (Wildman–Crippen LogP) is 7.03. The molecule has 1 aromatic heterocycles. The van der Waals surface area contributed by atoms with E-state index in [9.17, 15) is 5.26 Å². The van der Waals surface area contributed by atoms with E-state index >= 15 is 0 Å². The maximum Gasteiger partial charge on any atom is 0.103 e. The Balaban J connectivity index is 0.00000289. The van der Waals surface area contributed by atoms with Crippen LogP contribution in [0.4, 0.5) is 0 Å². The fourth-order valence-electron chi connectivity index (χ4n) is 4.41. The second kappa shape index (κ2) is 11.0. The van der Waals surface area contributed by atoms with Crippen LogP contribution in [0, 0.1) is 11.3 Å². The zero-order valence-corrected chi connectivity index (χ0v) is 20.3. The van der Waals surface area contributed by atoms with Crippen LogP contribution in [0.3, 0.4) is 0 Å². The molecule has 0 bridgehead atoms. The summed E-state index contributed by atoms with van der Waals surface area (Å²) in [6.45, 7) is 0.437. The van der Waals surface area contributed by atoms with Gasteiger partial charge in [0.25, 0.3) is 0 Å². The lowest BCUT2D eigenvalue weighted by Gasteiger charge is -2.19. The van der Waals surface area contributed by atoms with Crippen LogP contribution in [-0.4, -0.2) is 9.55 Å². The number of nitrogens with zero attached hydrogens (tertiary/aromatic N) is 3. The lowest BCUT2D eigenvalue weighted by Crippen LogP contribution is -2.12. The van der Waals surface area contributed by atoms with Crippen molar-refractivity contribution in [3.63, 3.8) is 0 Å². The van der Waals surface area contributed by atoms with Crippen LogP contribution < -0.4 is 0 Å². The molecule has 4 aromatic carbocycles. The summed E-state index contributed by atoms with van der Waals surface area (Å²) in [5, 5.41) is 12.1. The minimum atomic E-state index is -0.133. The summed E-state index contributed by atoms with van der Waals surface area (Å²) in [5.74, 6) is 0. The molecular weight excluding hydrogens is 454 g/mol. The molecule has 0 fully saturated rings. The average molecular weight is 480 g/mol. The number of benzene rings is 4. The van der Waals surface area contributed by atoms with E-state index in [0.717, 1.165) is 39.6 Å². The zero-order chi connectivity index (χ0) is 23.3. The number of ether oxygens (including phenoxy) is 1. The van der Waals surface area contributed by atoms with Gasteiger partial charge in [0.2, 0.25) is 0 Å². The second-order valence-corrected chi connectivity index (χ2v) is 8.44. The van der Waals surface area contributed by atoms with Gasteiger partial charge in [-0.25, -0.2) is 4.98 Å². The molecule has 0 aliphatic carbocycles. The highest BCUT2D eigenvalue weighted by molar-refractivity contribution is 5.97. The van der Waals surface area contributed by atoms with Gasteiger partial charge in [0.15, 0.2) is 0 Å². The molecule has 0 amide bonds. The SMILES string of the molecule is Cl.Cn1cncc1C(Cc1ccccc1)OCc1ccc(C#N)c(-c2cccc3ccccc23)c1. The molecule has 5 rings (SSSR count). The predicted molar refractivity (Wildman–Crippen MR) is 142 cm³/mol. The molecule has 0 saturated carbocycles. The number of rotatable bonds is 7. The van der Waals surface area contributed by atoms with Crippen LogP contribution in [0.25, 0.3) is 21.9 Å². The third-order valence-corrected chi connectivity index (χ3v) is 6.18. The van der Waals surface area contributed by atoms with Gasteiger partial charge >= 0.3 is 0 Å². The highest BCUT2D eigenvalue weighted by Gasteiger charge is 2.17. The standard InChI is InChI=1S/C30H25N3O.ClH/c1-33-21-32-19-29(33)30(17-22-8-3-2-4-9-22)34-20-23-14-15-25(18-31)28(16-23)27-13-7-11-24-10-5-6-12-26(24)27;/h2-16,19,21,30H,17,20H2,1H3;1H. The van der Waals surface area contributed by atoms with Crippen molar-refractivity contribution in [2.24, 2.45) is 7.05 Å². The summed E-state index contributed by atoms with van der Waals surface area (Å²) in [7, 11) is 1.99. The van der Waals surface area contributed by atoms with E-state index in [4.69, 9.17) is 4.74 Å². The summed E-state index contributed by atoms with van der Waals surface area (Å²) in [5.41, 5.74) is 5.93. The molecule has 0 saturated heterocycles. The van der Waals surface area contributed by atoms with E-state index in [1.54, 1.807) is 6.33 Å². The molecule has 35 heavy (non-hydrogen) atoms. The van der Waals surface area contributed by atoms with Crippen LogP contribution in [-0.2, 0) is 24.8 Å². The molecule has 4 nitrogen and oxygen atoms in total. The smallest absolute Gasteiger partial charge is 0.103 e. The number of halogens is 1. The fraction of sp³-hybridized carbons (Fsp3) is 0.133. The molecule has 0 radical (unpaired) electrons. The first-order valence-electron chi connectivity index (χ1n) is 11.4. The highest BCUT2D eigenvalue weighted by atomic mass is 35.5. The van der Waals surface area contributed by atoms with E-state index in [1.807, 2.05) is 66.3 Å². The van der Waals surface area contributed by atoms with Gasteiger partial charge in [-0.3, -0.25) is 0 Å². The molecule has 0 spiro atoms. The van der Waals surface area contributed by atoms with Crippen LogP contribution in [0.1, 0.15) is 28.5 Å². The first-order chi connectivity index (χ1) is 16.7. The number of imidazole rings is 1. The van der Waals surface area contributed by atoms with E-state index in [0.29, 0.717) is 12.2 Å². The van der Waals surface area contributed by atoms with Gasteiger partial charge in [-0.1, -0.05) is 78.9 Å². The van der Waals surface area contributed by atoms with Crippen molar-refractivity contribution in [3.8, 4) is 17.2 Å². The minimum absolute atomic E-state index is 0. The normalized spacial score (nSPS) is 11.5. The van der Waals surface area contributed by atoms with Gasteiger partial charge in [-0.15, -0.1) is 12.4 Å². The van der Waals surface area contributed by atoms with E-state index < -0.39 is 0 Å². The number of hydrogen-bond acceptors (Lipinski definition) is 3. The number of aryl methyl sites for hydroxylation is 1. The minimum Gasteiger partial charge on any atom is -0.367 e. The Hall–Kier alpha value is -3.91. The van der Waals surface area contributed by atoms with E-state index in [2.05, 4.69) is 53.5 Å². The summed E-state index contributed by atoms with van der Waals surface area (Å²) < 4.78 is 8.47. The van der Waals surface area contributed by atoms with E-state index in [-0.39, 0.29) is 18.5 Å². The molecule has 1 heterocycles. The molecule has 5 aromatic rings. The fourth-order valence-corrected chi connectivity index (χ4v) is 4.41. The van der Waals surface area contributed by atoms with Crippen LogP contribution in [0.5, 0.6) is 0 Å². The largest absolute Gasteiger partial charge is 0.367 e. The lowest BCUT2D eigenvalue weighted by atomic mass is 9.93. The number of fused-ring (bicyclic) bond motifs is 1. The Morgan fingerprint density at radius 2 is 1.66 bits per heavy atom. The molecule has 5 heteroatoms. The van der Waals surface area contributed by atoms with Gasteiger partial charge in [0.1, 0.15) is 6.10 Å². The van der Waals surface area contributed by atoms with E-state index in [1.165, 1.54) is 5.56 Å². The highest BCUT2D eigenvalue weighted by Crippen LogP contribution is 2.32. The van der Waals surface area contributed by atoms with Crippen molar-refractivity contribution >= 4 is 23.2 Å². The topological polar surface area (TPSA) is 50.8 Å². The van der Waals surface area contributed by atoms with Crippen LogP contribution >= 0.6 is 12.4 Å². The van der Waals surface area contributed by atoms with Crippen molar-refractivity contribution in [2.45, 2.75) is 19.1 Å². The first kappa shape index (κ1) is 24.2. The zero-order valence-electron chi connectivity index (χ0n) is 19.5. The number of hydrogen-bond donors (Lipinski definition) is 0. The van der Waals surface area contributed by atoms with Crippen molar-refractivity contribution in [3.05, 3.63) is 126 Å². The second-order valence-electron chi connectivity index (χ2n) is 8.44. The van der Waals surface area contributed by atoms with Crippen LogP contribution in [0.15, 0.2) is 104 Å².